The molecule has 0 saturated carbocycles. The Hall–Kier alpha value is -1.70. The van der Waals surface area contributed by atoms with Crippen molar-refractivity contribution in [2.75, 3.05) is 32.8 Å². The number of aliphatic hydroxyl groups is 1. The Bertz CT molecular complexity index is 542. The van der Waals surface area contributed by atoms with Crippen molar-refractivity contribution >= 4 is 5.69 Å². The summed E-state index contributed by atoms with van der Waals surface area (Å²) in [6, 6.07) is 3.75. The van der Waals surface area contributed by atoms with Crippen LogP contribution in [0.1, 0.15) is 25.5 Å². The summed E-state index contributed by atoms with van der Waals surface area (Å²) in [7, 11) is 0. The second-order valence-electron chi connectivity index (χ2n) is 6.34. The smallest absolute Gasteiger partial charge is 0.274 e. The van der Waals surface area contributed by atoms with Crippen LogP contribution in [0.5, 0.6) is 5.75 Å². The van der Waals surface area contributed by atoms with E-state index < -0.39 is 10.3 Å². The number of phenols is 1. The van der Waals surface area contributed by atoms with Crippen LogP contribution in [-0.4, -0.2) is 52.8 Å². The van der Waals surface area contributed by atoms with Crippen molar-refractivity contribution in [3.63, 3.8) is 0 Å². The molecule has 1 atom stereocenters. The number of hydrogen-bond acceptors (Lipinski definition) is 6. The quantitative estimate of drug-likeness (QED) is 0.559. The van der Waals surface area contributed by atoms with Crippen molar-refractivity contribution in [3.8, 4) is 5.75 Å². The van der Waals surface area contributed by atoms with E-state index >= 15 is 0 Å². The van der Waals surface area contributed by atoms with Gasteiger partial charge in [0.2, 0.25) is 0 Å². The van der Waals surface area contributed by atoms with Crippen LogP contribution < -0.4 is 5.32 Å². The molecule has 122 valence electrons. The minimum Gasteiger partial charge on any atom is -0.508 e. The van der Waals surface area contributed by atoms with Crippen LogP contribution in [0.25, 0.3) is 0 Å². The highest BCUT2D eigenvalue weighted by Gasteiger charge is 2.39. The lowest BCUT2D eigenvalue weighted by molar-refractivity contribution is -0.386. The van der Waals surface area contributed by atoms with Crippen LogP contribution in [0.3, 0.4) is 0 Å². The topological polar surface area (TPSA) is 98.9 Å². The van der Waals surface area contributed by atoms with Crippen molar-refractivity contribution in [3.05, 3.63) is 33.9 Å². The molecule has 1 saturated heterocycles. The number of nitrogens with one attached hydrogen (secondary N) is 1. The first-order valence-electron chi connectivity index (χ1n) is 7.40. The zero-order valence-corrected chi connectivity index (χ0v) is 13.0. The number of phenolic OH excluding ortho intramolecular Hbond substituents is 1. The van der Waals surface area contributed by atoms with Gasteiger partial charge in [-0.05, 0) is 12.1 Å². The van der Waals surface area contributed by atoms with Crippen LogP contribution in [0.2, 0.25) is 0 Å². The van der Waals surface area contributed by atoms with Gasteiger partial charge in [-0.1, -0.05) is 13.8 Å². The normalized spacial score (nSPS) is 18.1. The van der Waals surface area contributed by atoms with Crippen molar-refractivity contribution in [1.29, 1.82) is 0 Å². The summed E-state index contributed by atoms with van der Waals surface area (Å²) in [6.07, 6.45) is 0. The standard InChI is InChI=1S/C15H23N3O4/c1-15(2,10-19)14(17-7-5-16-6-8-17)12-9-11(20)3-4-13(12)18(21)22/h3-4,9,14,16,19-20H,5-8,10H2,1-2H3/t14-/m0/s1. The first-order chi connectivity index (χ1) is 10.4. The summed E-state index contributed by atoms with van der Waals surface area (Å²) in [5.41, 5.74) is -0.149. The molecular formula is C15H23N3O4. The number of aliphatic hydroxyl groups excluding tert-OH is 1. The van der Waals surface area contributed by atoms with Gasteiger partial charge in [0.1, 0.15) is 5.75 Å². The van der Waals surface area contributed by atoms with Gasteiger partial charge in [0.25, 0.3) is 5.69 Å². The third-order valence-electron chi connectivity index (χ3n) is 4.17. The number of hydrogen-bond donors (Lipinski definition) is 3. The minimum atomic E-state index is -0.574. The third-order valence-corrected chi connectivity index (χ3v) is 4.17. The molecule has 1 aliphatic rings. The van der Waals surface area contributed by atoms with E-state index in [9.17, 15) is 20.3 Å². The zero-order valence-electron chi connectivity index (χ0n) is 13.0. The Morgan fingerprint density at radius 3 is 2.59 bits per heavy atom. The first kappa shape index (κ1) is 16.7. The average molecular weight is 309 g/mol. The molecule has 1 fully saturated rings. The zero-order chi connectivity index (χ0) is 16.3. The molecule has 0 bridgehead atoms. The molecule has 0 aliphatic carbocycles. The van der Waals surface area contributed by atoms with E-state index in [0.717, 1.165) is 26.2 Å². The summed E-state index contributed by atoms with van der Waals surface area (Å²) < 4.78 is 0. The molecule has 1 aromatic carbocycles. The summed E-state index contributed by atoms with van der Waals surface area (Å²) in [5.74, 6) is -0.00512. The van der Waals surface area contributed by atoms with Gasteiger partial charge in [0, 0.05) is 50.3 Å². The Kier molecular flexibility index (Phi) is 5.00. The highest BCUT2D eigenvalue weighted by atomic mass is 16.6. The van der Waals surface area contributed by atoms with Crippen molar-refractivity contribution in [2.24, 2.45) is 5.41 Å². The highest BCUT2D eigenvalue weighted by Crippen LogP contribution is 2.43. The number of nitrogens with zero attached hydrogens (tertiary/aromatic N) is 2. The van der Waals surface area contributed by atoms with Crippen LogP contribution >= 0.6 is 0 Å². The van der Waals surface area contributed by atoms with Crippen LogP contribution in [-0.2, 0) is 0 Å². The van der Waals surface area contributed by atoms with E-state index in [1.165, 1.54) is 18.2 Å². The van der Waals surface area contributed by atoms with E-state index in [4.69, 9.17) is 0 Å². The molecule has 0 amide bonds. The third kappa shape index (κ3) is 3.37. The lowest BCUT2D eigenvalue weighted by Crippen LogP contribution is -2.49. The number of nitro groups is 1. The summed E-state index contributed by atoms with van der Waals surface area (Å²) in [4.78, 5) is 13.1. The maximum absolute atomic E-state index is 11.4. The van der Waals surface area contributed by atoms with Gasteiger partial charge in [0.05, 0.1) is 10.5 Å². The Morgan fingerprint density at radius 2 is 2.05 bits per heavy atom. The van der Waals surface area contributed by atoms with E-state index in [-0.39, 0.29) is 24.1 Å². The van der Waals surface area contributed by atoms with Gasteiger partial charge in [-0.15, -0.1) is 0 Å². The lowest BCUT2D eigenvalue weighted by atomic mass is 9.79. The number of nitro benzene ring substituents is 1. The van der Waals surface area contributed by atoms with Gasteiger partial charge in [-0.25, -0.2) is 0 Å². The maximum atomic E-state index is 11.4. The fourth-order valence-electron chi connectivity index (χ4n) is 3.07. The van der Waals surface area contributed by atoms with Gasteiger partial charge in [0.15, 0.2) is 0 Å². The molecule has 0 radical (unpaired) electrons. The fraction of sp³-hybridized carbons (Fsp3) is 0.600. The molecular weight excluding hydrogens is 286 g/mol. The SMILES string of the molecule is CC(C)(CO)[C@H](c1cc(O)ccc1[N+](=O)[O-])N1CCNCC1. The average Bonchev–Trinajstić information content (AvgIpc) is 2.48. The largest absolute Gasteiger partial charge is 0.508 e. The number of benzene rings is 1. The predicted octanol–water partition coefficient (Wildman–Crippen LogP) is 1.27. The molecule has 1 aliphatic heterocycles. The first-order valence-corrected chi connectivity index (χ1v) is 7.40. The molecule has 0 aromatic heterocycles. The van der Waals surface area contributed by atoms with Crippen molar-refractivity contribution in [2.45, 2.75) is 19.9 Å². The highest BCUT2D eigenvalue weighted by molar-refractivity contribution is 5.47. The molecule has 2 rings (SSSR count). The Morgan fingerprint density at radius 1 is 1.41 bits per heavy atom. The van der Waals surface area contributed by atoms with Gasteiger partial charge >= 0.3 is 0 Å². The van der Waals surface area contributed by atoms with Crippen molar-refractivity contribution < 1.29 is 15.1 Å². The molecule has 1 heterocycles. The molecule has 1 aromatic rings. The second-order valence-corrected chi connectivity index (χ2v) is 6.34. The number of rotatable bonds is 5. The molecule has 0 unspecified atom stereocenters. The molecule has 0 spiro atoms. The van der Waals surface area contributed by atoms with Crippen LogP contribution in [0.4, 0.5) is 5.69 Å². The number of piperazine rings is 1. The Labute approximate surface area is 129 Å². The molecule has 7 nitrogen and oxygen atoms in total. The summed E-state index contributed by atoms with van der Waals surface area (Å²) in [5, 5.41) is 34.2. The molecule has 7 heteroatoms. The maximum Gasteiger partial charge on any atom is 0.274 e. The molecule has 22 heavy (non-hydrogen) atoms. The van der Waals surface area contributed by atoms with E-state index in [0.29, 0.717) is 5.56 Å². The fourth-order valence-corrected chi connectivity index (χ4v) is 3.07. The van der Waals surface area contributed by atoms with E-state index in [1.54, 1.807) is 0 Å². The minimum absolute atomic E-state index is 0.00512. The van der Waals surface area contributed by atoms with Gasteiger partial charge in [-0.2, -0.15) is 0 Å². The van der Waals surface area contributed by atoms with Crippen molar-refractivity contribution in [1.82, 2.24) is 10.2 Å². The van der Waals surface area contributed by atoms with Crippen LogP contribution in [0, 0.1) is 15.5 Å². The predicted molar refractivity (Wildman–Crippen MR) is 82.8 cm³/mol. The molecule has 3 N–H and O–H groups in total. The monoisotopic (exact) mass is 309 g/mol. The van der Waals surface area contributed by atoms with E-state index in [1.807, 2.05) is 13.8 Å². The summed E-state index contributed by atoms with van der Waals surface area (Å²) >= 11 is 0. The van der Waals surface area contributed by atoms with Gasteiger partial charge < -0.3 is 15.5 Å². The summed E-state index contributed by atoms with van der Waals surface area (Å²) in [6.45, 7) is 6.73. The van der Waals surface area contributed by atoms with Gasteiger partial charge in [-0.3, -0.25) is 15.0 Å². The van der Waals surface area contributed by atoms with Crippen LogP contribution in [0.15, 0.2) is 18.2 Å². The Balaban J connectivity index is 2.53. The second kappa shape index (κ2) is 6.60. The van der Waals surface area contributed by atoms with E-state index in [2.05, 4.69) is 10.2 Å². The lowest BCUT2D eigenvalue weighted by Gasteiger charge is -2.43. The number of aromatic hydroxyl groups is 1.